The van der Waals surface area contributed by atoms with Crippen LogP contribution in [0.15, 0.2) is 91.3 Å². The molecule has 3 aromatic heterocycles. The van der Waals surface area contributed by atoms with Crippen LogP contribution in [0.3, 0.4) is 0 Å². The normalized spacial score (nSPS) is 11.9. The topological polar surface area (TPSA) is 96.7 Å². The lowest BCUT2D eigenvalue weighted by Gasteiger charge is -2.12. The molecule has 2 aromatic carbocycles. The van der Waals surface area contributed by atoms with Gasteiger partial charge in [0.2, 0.25) is 5.91 Å². The van der Waals surface area contributed by atoms with Crippen molar-refractivity contribution in [3.63, 3.8) is 0 Å². The van der Waals surface area contributed by atoms with Gasteiger partial charge in [0.15, 0.2) is 0 Å². The maximum absolute atomic E-state index is 13.5. The second-order valence-electron chi connectivity index (χ2n) is 7.59. The van der Waals surface area contributed by atoms with Gasteiger partial charge in [-0.2, -0.15) is 0 Å². The molecule has 0 aliphatic rings. The van der Waals surface area contributed by atoms with Crippen molar-refractivity contribution in [2.75, 3.05) is 5.32 Å². The van der Waals surface area contributed by atoms with E-state index in [-0.39, 0.29) is 11.7 Å². The van der Waals surface area contributed by atoms with Gasteiger partial charge in [-0.25, -0.2) is 9.37 Å². The third-order valence-electron chi connectivity index (χ3n) is 5.45. The number of anilines is 1. The number of halogens is 1. The zero-order valence-electron chi connectivity index (χ0n) is 17.5. The number of benzene rings is 2. The summed E-state index contributed by atoms with van der Waals surface area (Å²) in [6.07, 6.45) is 3.44. The first-order valence-electron chi connectivity index (χ1n) is 10.4. The molecular weight excluding hydrogens is 417 g/mol. The Hall–Kier alpha value is -4.36. The van der Waals surface area contributed by atoms with Crippen LogP contribution < -0.4 is 11.1 Å². The summed E-state index contributed by atoms with van der Waals surface area (Å²) in [5.74, 6) is -0.280. The Morgan fingerprint density at radius 2 is 1.64 bits per heavy atom. The number of hydrogen-bond acceptors (Lipinski definition) is 4. The van der Waals surface area contributed by atoms with Gasteiger partial charge in [-0.3, -0.25) is 9.78 Å². The van der Waals surface area contributed by atoms with Crippen molar-refractivity contribution in [3.8, 4) is 22.4 Å². The Bertz CT molecular complexity index is 1420. The van der Waals surface area contributed by atoms with Gasteiger partial charge < -0.3 is 16.0 Å². The highest BCUT2D eigenvalue weighted by molar-refractivity contribution is 6.03. The van der Waals surface area contributed by atoms with E-state index in [0.29, 0.717) is 11.5 Å². The third kappa shape index (κ3) is 4.09. The van der Waals surface area contributed by atoms with Gasteiger partial charge in [0.25, 0.3) is 0 Å². The molecule has 0 saturated carbocycles. The maximum Gasteiger partial charge on any atom is 0.247 e. The number of fused-ring (bicyclic) bond motifs is 1. The van der Waals surface area contributed by atoms with E-state index in [2.05, 4.69) is 20.3 Å². The second kappa shape index (κ2) is 8.64. The Kier molecular flexibility index (Phi) is 5.38. The van der Waals surface area contributed by atoms with Gasteiger partial charge >= 0.3 is 0 Å². The Morgan fingerprint density at radius 1 is 0.909 bits per heavy atom. The summed E-state index contributed by atoms with van der Waals surface area (Å²) in [4.78, 5) is 24.7. The molecule has 7 heteroatoms. The summed E-state index contributed by atoms with van der Waals surface area (Å²) in [6.45, 7) is 0. The molecule has 5 aromatic rings. The summed E-state index contributed by atoms with van der Waals surface area (Å²) in [5, 5.41) is 3.66. The molecule has 1 atom stereocenters. The average molecular weight is 437 g/mol. The Labute approximate surface area is 189 Å². The number of hydrogen-bond donors (Lipinski definition) is 3. The van der Waals surface area contributed by atoms with Crippen LogP contribution in [-0.2, 0) is 4.79 Å². The van der Waals surface area contributed by atoms with Gasteiger partial charge in [0.1, 0.15) is 23.3 Å². The van der Waals surface area contributed by atoms with E-state index in [1.54, 1.807) is 30.6 Å². The van der Waals surface area contributed by atoms with E-state index in [1.807, 2.05) is 48.5 Å². The molecule has 3 heterocycles. The maximum atomic E-state index is 13.5. The molecule has 162 valence electrons. The number of carbonyl (C=O) groups is 1. The molecule has 0 bridgehead atoms. The summed E-state index contributed by atoms with van der Waals surface area (Å²) in [6, 6.07) is 22.1. The summed E-state index contributed by atoms with van der Waals surface area (Å²) in [7, 11) is 0. The van der Waals surface area contributed by atoms with Crippen molar-refractivity contribution < 1.29 is 9.18 Å². The number of aromatic amines is 1. The molecule has 5 rings (SSSR count). The van der Waals surface area contributed by atoms with E-state index in [0.717, 1.165) is 33.3 Å². The lowest BCUT2D eigenvalue weighted by molar-refractivity contribution is -0.117. The van der Waals surface area contributed by atoms with E-state index in [1.165, 1.54) is 12.1 Å². The number of nitrogens with two attached hydrogens (primary N) is 1. The van der Waals surface area contributed by atoms with Gasteiger partial charge in [-0.15, -0.1) is 0 Å². The number of aromatic nitrogens is 3. The fraction of sp³-hybridized carbons (Fsp3) is 0.0385. The minimum absolute atomic E-state index is 0.307. The molecule has 1 amide bonds. The van der Waals surface area contributed by atoms with Gasteiger partial charge in [-0.05, 0) is 65.2 Å². The first-order valence-corrected chi connectivity index (χ1v) is 10.4. The zero-order valence-corrected chi connectivity index (χ0v) is 17.5. The first kappa shape index (κ1) is 20.5. The molecular formula is C26H20FN5O. The van der Waals surface area contributed by atoms with E-state index in [4.69, 9.17) is 5.73 Å². The minimum Gasteiger partial charge on any atom is -0.339 e. The summed E-state index contributed by atoms with van der Waals surface area (Å²) in [5.41, 5.74) is 10.9. The van der Waals surface area contributed by atoms with Crippen molar-refractivity contribution in [2.24, 2.45) is 5.73 Å². The quantitative estimate of drug-likeness (QED) is 0.358. The van der Waals surface area contributed by atoms with Gasteiger partial charge in [-0.1, -0.05) is 30.3 Å². The number of nitrogens with zero attached hydrogens (tertiary/aromatic N) is 2. The van der Waals surface area contributed by atoms with Gasteiger partial charge in [0.05, 0.1) is 5.69 Å². The molecule has 0 fully saturated rings. The fourth-order valence-electron chi connectivity index (χ4n) is 3.81. The lowest BCUT2D eigenvalue weighted by Crippen LogP contribution is -2.28. The molecule has 6 nitrogen and oxygen atoms in total. The number of H-pyrrole nitrogens is 1. The molecule has 0 radical (unpaired) electrons. The van der Waals surface area contributed by atoms with Crippen LogP contribution in [0.5, 0.6) is 0 Å². The van der Waals surface area contributed by atoms with Crippen LogP contribution in [0.4, 0.5) is 10.2 Å². The highest BCUT2D eigenvalue weighted by Crippen LogP contribution is 2.38. The van der Waals surface area contributed by atoms with Crippen LogP contribution in [0, 0.1) is 5.82 Å². The number of pyridine rings is 2. The second-order valence-corrected chi connectivity index (χ2v) is 7.59. The average Bonchev–Trinajstić information content (AvgIpc) is 3.24. The zero-order chi connectivity index (χ0) is 22.8. The first-order chi connectivity index (χ1) is 16.1. The monoisotopic (exact) mass is 437 g/mol. The van der Waals surface area contributed by atoms with Crippen molar-refractivity contribution in [2.45, 2.75) is 6.04 Å². The molecule has 0 aliphatic heterocycles. The summed E-state index contributed by atoms with van der Waals surface area (Å²) < 4.78 is 13.5. The third-order valence-corrected chi connectivity index (χ3v) is 5.45. The smallest absolute Gasteiger partial charge is 0.247 e. The molecule has 0 aliphatic carbocycles. The van der Waals surface area contributed by atoms with Crippen molar-refractivity contribution in [1.29, 1.82) is 0 Å². The summed E-state index contributed by atoms with van der Waals surface area (Å²) >= 11 is 0. The SMILES string of the molecule is N[C@@H](C(=O)Nc1ccc2c(-c3ccncc3)c(-c3ccc(F)cc3)[nH]c2n1)c1ccccc1. The molecule has 4 N–H and O–H groups in total. The number of rotatable bonds is 5. The Morgan fingerprint density at radius 3 is 2.36 bits per heavy atom. The minimum atomic E-state index is -0.811. The van der Waals surface area contributed by atoms with Crippen LogP contribution in [0.1, 0.15) is 11.6 Å². The highest BCUT2D eigenvalue weighted by Gasteiger charge is 2.19. The van der Waals surface area contributed by atoms with Crippen molar-refractivity contribution in [3.05, 3.63) is 103 Å². The van der Waals surface area contributed by atoms with E-state index < -0.39 is 6.04 Å². The predicted molar refractivity (Wildman–Crippen MR) is 127 cm³/mol. The lowest BCUT2D eigenvalue weighted by atomic mass is 10.00. The largest absolute Gasteiger partial charge is 0.339 e. The fourth-order valence-corrected chi connectivity index (χ4v) is 3.81. The molecule has 33 heavy (non-hydrogen) atoms. The predicted octanol–water partition coefficient (Wildman–Crippen LogP) is 5.07. The van der Waals surface area contributed by atoms with Crippen LogP contribution in [0.25, 0.3) is 33.4 Å². The molecule has 0 unspecified atom stereocenters. The van der Waals surface area contributed by atoms with Crippen LogP contribution in [-0.4, -0.2) is 20.9 Å². The van der Waals surface area contributed by atoms with E-state index in [9.17, 15) is 9.18 Å². The van der Waals surface area contributed by atoms with Crippen LogP contribution in [0.2, 0.25) is 0 Å². The molecule has 0 saturated heterocycles. The number of carbonyl (C=O) groups excluding carboxylic acids is 1. The van der Waals surface area contributed by atoms with E-state index >= 15 is 0 Å². The van der Waals surface area contributed by atoms with Crippen LogP contribution >= 0.6 is 0 Å². The number of amides is 1. The number of nitrogens with one attached hydrogen (secondary N) is 2. The Balaban J connectivity index is 1.54. The van der Waals surface area contributed by atoms with Crippen molar-refractivity contribution >= 4 is 22.8 Å². The molecule has 0 spiro atoms. The highest BCUT2D eigenvalue weighted by atomic mass is 19.1. The standard InChI is InChI=1S/C26H20FN5O/c27-19-8-6-18(7-9-19)24-22(16-12-14-29-15-13-16)20-10-11-21(30-25(20)32-24)31-26(33)23(28)17-4-2-1-3-5-17/h1-15,23H,28H2,(H2,30,31,32,33)/t23-/m1/s1. The van der Waals surface area contributed by atoms with Gasteiger partial charge in [0, 0.05) is 23.3 Å². The van der Waals surface area contributed by atoms with Crippen molar-refractivity contribution in [1.82, 2.24) is 15.0 Å².